The summed E-state index contributed by atoms with van der Waals surface area (Å²) in [6, 6.07) is 18.1. The van der Waals surface area contributed by atoms with Crippen LogP contribution in [0.15, 0.2) is 54.6 Å². The number of hydrogen-bond donors (Lipinski definition) is 2. The Hall–Kier alpha value is -2.46. The predicted octanol–water partition coefficient (Wildman–Crippen LogP) is 3.70. The normalized spacial score (nSPS) is 19.7. The molecule has 4 heteroatoms. The highest BCUT2D eigenvalue weighted by Crippen LogP contribution is 2.20. The van der Waals surface area contributed by atoms with Crippen molar-refractivity contribution in [2.75, 3.05) is 0 Å². The van der Waals surface area contributed by atoms with Gasteiger partial charge < -0.3 is 11.1 Å². The molecule has 0 unspecified atom stereocenters. The number of Topliss-reactive ketones (excluding diaryl/α,β-unsaturated/α-hetero) is 1. The third-order valence-electron chi connectivity index (χ3n) is 5.03. The van der Waals surface area contributed by atoms with Crippen LogP contribution in [0, 0.1) is 0 Å². The highest BCUT2D eigenvalue weighted by Gasteiger charge is 2.20. The number of hydrogen-bond acceptors (Lipinski definition) is 3. The van der Waals surface area contributed by atoms with E-state index in [4.69, 9.17) is 5.73 Å². The van der Waals surface area contributed by atoms with Gasteiger partial charge in [-0.2, -0.15) is 0 Å². The molecule has 0 saturated heterocycles. The van der Waals surface area contributed by atoms with Gasteiger partial charge in [0.15, 0.2) is 5.78 Å². The van der Waals surface area contributed by atoms with Crippen molar-refractivity contribution in [2.45, 2.75) is 50.6 Å². The van der Waals surface area contributed by atoms with Gasteiger partial charge in [-0.3, -0.25) is 9.59 Å². The van der Waals surface area contributed by atoms with E-state index in [1.807, 2.05) is 54.6 Å². The maximum absolute atomic E-state index is 12.3. The average molecular weight is 350 g/mol. The summed E-state index contributed by atoms with van der Waals surface area (Å²) in [6.07, 6.45) is 4.25. The van der Waals surface area contributed by atoms with Gasteiger partial charge in [0, 0.05) is 30.5 Å². The Balaban J connectivity index is 1.48. The van der Waals surface area contributed by atoms with Crippen molar-refractivity contribution in [1.29, 1.82) is 0 Å². The molecule has 0 aromatic heterocycles. The van der Waals surface area contributed by atoms with E-state index in [0.29, 0.717) is 5.56 Å². The molecule has 0 aliphatic heterocycles. The molecule has 1 saturated carbocycles. The van der Waals surface area contributed by atoms with E-state index in [1.165, 1.54) is 0 Å². The Labute approximate surface area is 154 Å². The standard InChI is InChI=1S/C22H26N2O2/c23-19-10-12-20(13-11-19)24-22(26)15-14-21(25)18-8-6-17(7-9-18)16-4-2-1-3-5-16/h1-9,19-20H,10-15,23H2,(H,24,26). The lowest BCUT2D eigenvalue weighted by molar-refractivity contribution is -0.122. The summed E-state index contributed by atoms with van der Waals surface area (Å²) in [5, 5.41) is 3.03. The maximum atomic E-state index is 12.3. The third kappa shape index (κ3) is 5.02. The zero-order valence-electron chi connectivity index (χ0n) is 15.0. The molecular weight excluding hydrogens is 324 g/mol. The lowest BCUT2D eigenvalue weighted by Crippen LogP contribution is -2.40. The number of nitrogens with two attached hydrogens (primary N) is 1. The molecule has 2 aromatic carbocycles. The largest absolute Gasteiger partial charge is 0.353 e. The Morgan fingerprint density at radius 3 is 2.12 bits per heavy atom. The van der Waals surface area contributed by atoms with Crippen molar-refractivity contribution >= 4 is 11.7 Å². The molecule has 2 aromatic rings. The van der Waals surface area contributed by atoms with Crippen molar-refractivity contribution in [2.24, 2.45) is 5.73 Å². The highest BCUT2D eigenvalue weighted by molar-refractivity contribution is 5.98. The van der Waals surface area contributed by atoms with Gasteiger partial charge in [0.05, 0.1) is 0 Å². The van der Waals surface area contributed by atoms with Crippen LogP contribution in [-0.2, 0) is 4.79 Å². The van der Waals surface area contributed by atoms with Crippen LogP contribution in [0.1, 0.15) is 48.9 Å². The molecule has 1 aliphatic rings. The monoisotopic (exact) mass is 350 g/mol. The maximum Gasteiger partial charge on any atom is 0.220 e. The summed E-state index contributed by atoms with van der Waals surface area (Å²) in [4.78, 5) is 24.4. The molecule has 0 heterocycles. The Morgan fingerprint density at radius 2 is 1.46 bits per heavy atom. The zero-order valence-corrected chi connectivity index (χ0v) is 15.0. The minimum absolute atomic E-state index is 0.00503. The summed E-state index contributed by atoms with van der Waals surface area (Å²) in [5.41, 5.74) is 8.74. The molecule has 3 N–H and O–H groups in total. The van der Waals surface area contributed by atoms with Gasteiger partial charge in [0.2, 0.25) is 5.91 Å². The number of ketones is 1. The molecule has 0 spiro atoms. The van der Waals surface area contributed by atoms with Crippen molar-refractivity contribution in [3.05, 3.63) is 60.2 Å². The molecule has 0 atom stereocenters. The lowest BCUT2D eigenvalue weighted by Gasteiger charge is -2.26. The van der Waals surface area contributed by atoms with E-state index in [-0.39, 0.29) is 36.6 Å². The van der Waals surface area contributed by atoms with Gasteiger partial charge >= 0.3 is 0 Å². The van der Waals surface area contributed by atoms with Crippen LogP contribution in [0.2, 0.25) is 0 Å². The van der Waals surface area contributed by atoms with Gasteiger partial charge in [-0.05, 0) is 36.8 Å². The molecule has 26 heavy (non-hydrogen) atoms. The summed E-state index contributed by atoms with van der Waals surface area (Å²) in [7, 11) is 0. The first-order valence-corrected chi connectivity index (χ1v) is 9.35. The second-order valence-corrected chi connectivity index (χ2v) is 7.05. The molecule has 0 radical (unpaired) electrons. The van der Waals surface area contributed by atoms with Crippen LogP contribution < -0.4 is 11.1 Å². The van der Waals surface area contributed by atoms with Gasteiger partial charge in [0.25, 0.3) is 0 Å². The molecule has 4 nitrogen and oxygen atoms in total. The zero-order chi connectivity index (χ0) is 18.4. The minimum atomic E-state index is -0.0419. The number of carbonyl (C=O) groups is 2. The number of carbonyl (C=O) groups excluding carboxylic acids is 2. The van der Waals surface area contributed by atoms with E-state index < -0.39 is 0 Å². The second kappa shape index (κ2) is 8.77. The van der Waals surface area contributed by atoms with Crippen LogP contribution in [0.4, 0.5) is 0 Å². The molecule has 1 fully saturated rings. The highest BCUT2D eigenvalue weighted by atomic mass is 16.2. The van der Waals surface area contributed by atoms with E-state index in [2.05, 4.69) is 5.32 Å². The SMILES string of the molecule is NC1CCC(NC(=O)CCC(=O)c2ccc(-c3ccccc3)cc2)CC1. The molecule has 136 valence electrons. The summed E-state index contributed by atoms with van der Waals surface area (Å²) >= 11 is 0. The first kappa shape index (κ1) is 18.3. The molecular formula is C22H26N2O2. The van der Waals surface area contributed by atoms with Crippen molar-refractivity contribution in [3.63, 3.8) is 0 Å². The quantitative estimate of drug-likeness (QED) is 0.780. The van der Waals surface area contributed by atoms with Gasteiger partial charge in [-0.1, -0.05) is 54.6 Å². The summed E-state index contributed by atoms with van der Waals surface area (Å²) < 4.78 is 0. The van der Waals surface area contributed by atoms with Crippen LogP contribution >= 0.6 is 0 Å². The summed E-state index contributed by atoms with van der Waals surface area (Å²) in [6.45, 7) is 0. The van der Waals surface area contributed by atoms with Gasteiger partial charge in [-0.15, -0.1) is 0 Å². The number of amides is 1. The molecule has 0 bridgehead atoms. The van der Waals surface area contributed by atoms with Crippen molar-refractivity contribution in [3.8, 4) is 11.1 Å². The Morgan fingerprint density at radius 1 is 0.846 bits per heavy atom. The number of benzene rings is 2. The van der Waals surface area contributed by atoms with E-state index in [1.54, 1.807) is 0 Å². The van der Waals surface area contributed by atoms with E-state index >= 15 is 0 Å². The van der Waals surface area contributed by atoms with Crippen LogP contribution in [-0.4, -0.2) is 23.8 Å². The minimum Gasteiger partial charge on any atom is -0.353 e. The van der Waals surface area contributed by atoms with Gasteiger partial charge in [-0.25, -0.2) is 0 Å². The van der Waals surface area contributed by atoms with E-state index in [9.17, 15) is 9.59 Å². The fourth-order valence-electron chi connectivity index (χ4n) is 3.41. The van der Waals surface area contributed by atoms with Crippen molar-refractivity contribution < 1.29 is 9.59 Å². The van der Waals surface area contributed by atoms with Crippen LogP contribution in [0.3, 0.4) is 0 Å². The summed E-state index contributed by atoms with van der Waals surface area (Å²) in [5.74, 6) is -0.0369. The lowest BCUT2D eigenvalue weighted by atomic mass is 9.91. The average Bonchev–Trinajstić information content (AvgIpc) is 2.69. The predicted molar refractivity (Wildman–Crippen MR) is 104 cm³/mol. The van der Waals surface area contributed by atoms with Crippen molar-refractivity contribution in [1.82, 2.24) is 5.32 Å². The first-order valence-electron chi connectivity index (χ1n) is 9.35. The fourth-order valence-corrected chi connectivity index (χ4v) is 3.41. The van der Waals surface area contributed by atoms with E-state index in [0.717, 1.165) is 36.8 Å². The number of nitrogens with one attached hydrogen (secondary N) is 1. The Bertz CT molecular complexity index is 732. The third-order valence-corrected chi connectivity index (χ3v) is 5.03. The molecule has 1 aliphatic carbocycles. The van der Waals surface area contributed by atoms with Crippen LogP contribution in [0.5, 0.6) is 0 Å². The first-order chi connectivity index (χ1) is 12.6. The van der Waals surface area contributed by atoms with Crippen LogP contribution in [0.25, 0.3) is 11.1 Å². The van der Waals surface area contributed by atoms with Gasteiger partial charge in [0.1, 0.15) is 0 Å². The number of rotatable bonds is 6. The second-order valence-electron chi connectivity index (χ2n) is 7.05. The molecule has 3 rings (SSSR count). The molecule has 1 amide bonds. The Kier molecular flexibility index (Phi) is 6.18. The topological polar surface area (TPSA) is 72.2 Å². The smallest absolute Gasteiger partial charge is 0.220 e. The fraction of sp³-hybridized carbons (Fsp3) is 0.364.